The number of rotatable bonds is 6. The number of aryl methyl sites for hydroxylation is 1. The quantitative estimate of drug-likeness (QED) is 0.755. The summed E-state index contributed by atoms with van der Waals surface area (Å²) in [5.74, 6) is 0.532. The van der Waals surface area contributed by atoms with Crippen LogP contribution in [0.1, 0.15) is 31.7 Å². The smallest absolute Gasteiger partial charge is 0.123 e. The van der Waals surface area contributed by atoms with Crippen molar-refractivity contribution in [3.8, 4) is 5.75 Å². The molecule has 0 aromatic heterocycles. The van der Waals surface area contributed by atoms with Gasteiger partial charge in [-0.05, 0) is 49.9 Å². The van der Waals surface area contributed by atoms with E-state index < -0.39 is 0 Å². The highest BCUT2D eigenvalue weighted by Gasteiger charge is 2.02. The van der Waals surface area contributed by atoms with Crippen LogP contribution in [0.3, 0.4) is 0 Å². The molecule has 1 rings (SSSR count). The van der Waals surface area contributed by atoms with Crippen LogP contribution in [0.5, 0.6) is 5.75 Å². The summed E-state index contributed by atoms with van der Waals surface area (Å²) < 4.78 is 18.4. The molecule has 0 spiro atoms. The lowest BCUT2D eigenvalue weighted by Gasteiger charge is -2.11. The second-order valence-corrected chi connectivity index (χ2v) is 4.07. The highest BCUT2D eigenvalue weighted by Crippen LogP contribution is 2.18. The summed E-state index contributed by atoms with van der Waals surface area (Å²) >= 11 is 0. The summed E-state index contributed by atoms with van der Waals surface area (Å²) in [6, 6.07) is 4.83. The average molecular weight is 225 g/mol. The van der Waals surface area contributed by atoms with Crippen molar-refractivity contribution in [3.05, 3.63) is 29.6 Å². The summed E-state index contributed by atoms with van der Waals surface area (Å²) in [6.45, 7) is 4.56. The molecule has 2 nitrogen and oxygen atoms in total. The van der Waals surface area contributed by atoms with E-state index in [2.05, 4.69) is 6.92 Å². The lowest BCUT2D eigenvalue weighted by atomic mass is 10.1. The van der Waals surface area contributed by atoms with E-state index in [1.165, 1.54) is 12.1 Å². The number of nitrogens with two attached hydrogens (primary N) is 1. The molecule has 0 amide bonds. The van der Waals surface area contributed by atoms with E-state index >= 15 is 0 Å². The van der Waals surface area contributed by atoms with Crippen LogP contribution in [0.15, 0.2) is 18.2 Å². The molecule has 0 bridgehead atoms. The third-order valence-electron chi connectivity index (χ3n) is 2.64. The maximum Gasteiger partial charge on any atom is 0.123 e. The highest BCUT2D eigenvalue weighted by atomic mass is 19.1. The van der Waals surface area contributed by atoms with Crippen molar-refractivity contribution in [2.75, 3.05) is 6.61 Å². The summed E-state index contributed by atoms with van der Waals surface area (Å²) in [5, 5.41) is 0. The van der Waals surface area contributed by atoms with E-state index in [4.69, 9.17) is 10.5 Å². The van der Waals surface area contributed by atoms with Crippen LogP contribution in [0, 0.1) is 12.7 Å². The van der Waals surface area contributed by atoms with E-state index in [-0.39, 0.29) is 11.9 Å². The molecule has 0 aliphatic rings. The van der Waals surface area contributed by atoms with Gasteiger partial charge in [-0.2, -0.15) is 0 Å². The fourth-order valence-electron chi connectivity index (χ4n) is 1.51. The second kappa shape index (κ2) is 6.48. The molecule has 3 heteroatoms. The average Bonchev–Trinajstić information content (AvgIpc) is 2.26. The lowest BCUT2D eigenvalue weighted by molar-refractivity contribution is 0.298. The van der Waals surface area contributed by atoms with Crippen LogP contribution in [-0.4, -0.2) is 12.6 Å². The van der Waals surface area contributed by atoms with Crippen LogP contribution in [-0.2, 0) is 0 Å². The molecule has 0 aliphatic carbocycles. The molecule has 1 atom stereocenters. The van der Waals surface area contributed by atoms with Gasteiger partial charge >= 0.3 is 0 Å². The Balaban J connectivity index is 2.32. The fraction of sp³-hybridized carbons (Fsp3) is 0.538. The van der Waals surface area contributed by atoms with Gasteiger partial charge in [0.15, 0.2) is 0 Å². The van der Waals surface area contributed by atoms with E-state index in [1.807, 2.05) is 6.92 Å². The van der Waals surface area contributed by atoms with Gasteiger partial charge in [0.05, 0.1) is 6.61 Å². The van der Waals surface area contributed by atoms with Gasteiger partial charge in [-0.15, -0.1) is 0 Å². The molecule has 0 aliphatic heterocycles. The number of ether oxygens (including phenoxy) is 1. The Morgan fingerprint density at radius 1 is 1.44 bits per heavy atom. The van der Waals surface area contributed by atoms with Crippen molar-refractivity contribution in [2.24, 2.45) is 5.73 Å². The summed E-state index contributed by atoms with van der Waals surface area (Å²) in [6.07, 6.45) is 2.90. The molecule has 1 aromatic carbocycles. The molecule has 1 aromatic rings. The standard InChI is InChI=1S/C13H20FNO/c1-3-12(15)5-4-8-16-13-7-6-11(14)9-10(13)2/h6-7,9,12H,3-5,8,15H2,1-2H3. The molecule has 16 heavy (non-hydrogen) atoms. The topological polar surface area (TPSA) is 35.2 Å². The monoisotopic (exact) mass is 225 g/mol. The molecule has 0 saturated carbocycles. The SMILES string of the molecule is CCC(N)CCCOc1ccc(F)cc1C. The van der Waals surface area contributed by atoms with Gasteiger partial charge in [-0.1, -0.05) is 6.92 Å². The minimum atomic E-state index is -0.224. The molecule has 1 unspecified atom stereocenters. The maximum atomic E-state index is 12.8. The number of hydrogen-bond acceptors (Lipinski definition) is 2. The molecule has 0 radical (unpaired) electrons. The van der Waals surface area contributed by atoms with Crippen LogP contribution in [0.4, 0.5) is 4.39 Å². The van der Waals surface area contributed by atoms with Gasteiger partial charge in [0, 0.05) is 6.04 Å². The van der Waals surface area contributed by atoms with Gasteiger partial charge in [-0.3, -0.25) is 0 Å². The van der Waals surface area contributed by atoms with Gasteiger partial charge in [0.2, 0.25) is 0 Å². The summed E-state index contributed by atoms with van der Waals surface area (Å²) in [5.41, 5.74) is 6.63. The Bertz CT molecular complexity index is 328. The summed E-state index contributed by atoms with van der Waals surface area (Å²) in [4.78, 5) is 0. The van der Waals surface area contributed by atoms with Crippen molar-refractivity contribution in [1.29, 1.82) is 0 Å². The number of hydrogen-bond donors (Lipinski definition) is 1. The molecular weight excluding hydrogens is 205 g/mol. The zero-order valence-corrected chi connectivity index (χ0v) is 10.0. The zero-order chi connectivity index (χ0) is 12.0. The predicted octanol–water partition coefficient (Wildman–Crippen LogP) is 3.03. The second-order valence-electron chi connectivity index (χ2n) is 4.07. The Hall–Kier alpha value is -1.09. The highest BCUT2D eigenvalue weighted by molar-refractivity contribution is 5.32. The first-order chi connectivity index (χ1) is 7.63. The van der Waals surface area contributed by atoms with E-state index in [1.54, 1.807) is 6.07 Å². The van der Waals surface area contributed by atoms with Gasteiger partial charge in [-0.25, -0.2) is 4.39 Å². The molecule has 90 valence electrons. The van der Waals surface area contributed by atoms with Crippen molar-refractivity contribution in [3.63, 3.8) is 0 Å². The largest absolute Gasteiger partial charge is 0.493 e. The van der Waals surface area contributed by atoms with Gasteiger partial charge in [0.25, 0.3) is 0 Å². The minimum Gasteiger partial charge on any atom is -0.493 e. The normalized spacial score (nSPS) is 12.5. The van der Waals surface area contributed by atoms with Crippen molar-refractivity contribution >= 4 is 0 Å². The van der Waals surface area contributed by atoms with Crippen molar-refractivity contribution < 1.29 is 9.13 Å². The van der Waals surface area contributed by atoms with Crippen molar-refractivity contribution in [2.45, 2.75) is 39.2 Å². The van der Waals surface area contributed by atoms with Crippen molar-refractivity contribution in [1.82, 2.24) is 0 Å². The first kappa shape index (κ1) is 13.0. The first-order valence-corrected chi connectivity index (χ1v) is 5.78. The molecule has 0 heterocycles. The Morgan fingerprint density at radius 3 is 2.81 bits per heavy atom. The van der Waals surface area contributed by atoms with Crippen LogP contribution < -0.4 is 10.5 Å². The molecule has 2 N–H and O–H groups in total. The number of benzene rings is 1. The number of halogens is 1. The Morgan fingerprint density at radius 2 is 2.19 bits per heavy atom. The van der Waals surface area contributed by atoms with E-state index in [9.17, 15) is 4.39 Å². The molecule has 0 fully saturated rings. The first-order valence-electron chi connectivity index (χ1n) is 5.78. The molecular formula is C13H20FNO. The van der Waals surface area contributed by atoms with E-state index in [0.29, 0.717) is 6.61 Å². The van der Waals surface area contributed by atoms with E-state index in [0.717, 1.165) is 30.6 Å². The van der Waals surface area contributed by atoms with Gasteiger partial charge in [0.1, 0.15) is 11.6 Å². The lowest BCUT2D eigenvalue weighted by Crippen LogP contribution is -2.19. The van der Waals surface area contributed by atoms with Crippen LogP contribution in [0.2, 0.25) is 0 Å². The minimum absolute atomic E-state index is 0.224. The molecule has 0 saturated heterocycles. The fourth-order valence-corrected chi connectivity index (χ4v) is 1.51. The van der Waals surface area contributed by atoms with Gasteiger partial charge < -0.3 is 10.5 Å². The Labute approximate surface area is 96.6 Å². The maximum absolute atomic E-state index is 12.8. The third-order valence-corrected chi connectivity index (χ3v) is 2.64. The predicted molar refractivity (Wildman–Crippen MR) is 64.1 cm³/mol. The Kier molecular flexibility index (Phi) is 5.26. The van der Waals surface area contributed by atoms with Crippen LogP contribution in [0.25, 0.3) is 0 Å². The third kappa shape index (κ3) is 4.19. The summed E-state index contributed by atoms with van der Waals surface area (Å²) in [7, 11) is 0. The zero-order valence-electron chi connectivity index (χ0n) is 10.0. The van der Waals surface area contributed by atoms with Crippen LogP contribution >= 0.6 is 0 Å².